The minimum Gasteiger partial charge on any atom is -0.372 e. The van der Waals surface area contributed by atoms with Crippen LogP contribution in [0.2, 0.25) is 0 Å². The molecule has 0 radical (unpaired) electrons. The van der Waals surface area contributed by atoms with Crippen LogP contribution in [0.15, 0.2) is 35.5 Å². The third-order valence-electron chi connectivity index (χ3n) is 3.61. The van der Waals surface area contributed by atoms with Gasteiger partial charge in [0.2, 0.25) is 0 Å². The van der Waals surface area contributed by atoms with E-state index in [1.54, 1.807) is 6.20 Å². The van der Waals surface area contributed by atoms with Gasteiger partial charge in [-0.2, -0.15) is 0 Å². The number of rotatable bonds is 4. The third kappa shape index (κ3) is 2.92. The van der Waals surface area contributed by atoms with Crippen LogP contribution in [0.5, 0.6) is 0 Å². The van der Waals surface area contributed by atoms with Crippen molar-refractivity contribution >= 4 is 15.9 Å². The van der Waals surface area contributed by atoms with Crippen LogP contribution in [0.4, 0.5) is 0 Å². The molecule has 1 saturated heterocycles. The smallest absolute Gasteiger partial charge is 0.0993 e. The molecule has 1 N–H and O–H groups in total. The van der Waals surface area contributed by atoms with E-state index < -0.39 is 0 Å². The molecule has 6 heteroatoms. The minimum absolute atomic E-state index is 0.0632. The van der Waals surface area contributed by atoms with Crippen molar-refractivity contribution in [1.29, 1.82) is 0 Å². The van der Waals surface area contributed by atoms with Crippen LogP contribution in [0.3, 0.4) is 0 Å². The average Bonchev–Trinajstić information content (AvgIpc) is 3.05. The molecule has 2 aromatic rings. The second-order valence-electron chi connectivity index (χ2n) is 5.00. The summed E-state index contributed by atoms with van der Waals surface area (Å²) in [6, 6.07) is 2.38. The lowest BCUT2D eigenvalue weighted by Gasteiger charge is -2.20. The summed E-state index contributed by atoms with van der Waals surface area (Å²) in [5.41, 5.74) is 2.28. The number of hydrogen-bond donors (Lipinski definition) is 1. The minimum atomic E-state index is 0.0632. The van der Waals surface area contributed by atoms with Gasteiger partial charge in [0.05, 0.1) is 18.1 Å². The van der Waals surface area contributed by atoms with Gasteiger partial charge in [-0.15, -0.1) is 0 Å². The molecule has 5 nitrogen and oxygen atoms in total. The Morgan fingerprint density at radius 2 is 2.30 bits per heavy atom. The first-order valence-electron chi connectivity index (χ1n) is 6.64. The van der Waals surface area contributed by atoms with Crippen LogP contribution in [0.1, 0.15) is 23.8 Å². The van der Waals surface area contributed by atoms with Gasteiger partial charge < -0.3 is 14.6 Å². The lowest BCUT2D eigenvalue weighted by atomic mass is 10.0. The number of pyridine rings is 1. The quantitative estimate of drug-likeness (QED) is 0.929. The normalized spacial score (nSPS) is 22.3. The molecule has 20 heavy (non-hydrogen) atoms. The molecular weight excluding hydrogens is 320 g/mol. The Morgan fingerprint density at radius 3 is 3.05 bits per heavy atom. The zero-order valence-corrected chi connectivity index (χ0v) is 12.9. The summed E-state index contributed by atoms with van der Waals surface area (Å²) >= 11 is 3.46. The second-order valence-corrected chi connectivity index (χ2v) is 5.92. The van der Waals surface area contributed by atoms with Crippen LogP contribution in [-0.2, 0) is 18.3 Å². The van der Waals surface area contributed by atoms with Crippen LogP contribution in [0.25, 0.3) is 0 Å². The summed E-state index contributed by atoms with van der Waals surface area (Å²) in [5, 5.41) is 3.56. The van der Waals surface area contributed by atoms with E-state index in [0.29, 0.717) is 6.04 Å². The standard InChI is InChI=1S/C14H17BrN4O/c1-19-9-17-7-12(19)8-18-13-2-3-20-14(13)10-4-11(15)6-16-5-10/h4-7,9,13-14,18H,2-3,8H2,1H3/t13-,14+/m0/s1. The van der Waals surface area contributed by atoms with Gasteiger partial charge in [0.15, 0.2) is 0 Å². The molecule has 1 aliphatic heterocycles. The van der Waals surface area contributed by atoms with Crippen LogP contribution < -0.4 is 5.32 Å². The SMILES string of the molecule is Cn1cncc1CN[C@H]1CCO[C@@H]1c1cncc(Br)c1. The molecule has 3 rings (SSSR count). The van der Waals surface area contributed by atoms with Gasteiger partial charge in [-0.25, -0.2) is 4.98 Å². The van der Waals surface area contributed by atoms with Crippen molar-refractivity contribution in [1.82, 2.24) is 19.9 Å². The Labute approximate surface area is 126 Å². The molecule has 2 aromatic heterocycles. The van der Waals surface area contributed by atoms with Crippen molar-refractivity contribution in [3.63, 3.8) is 0 Å². The molecule has 0 aliphatic carbocycles. The number of imidazole rings is 1. The molecule has 1 fully saturated rings. The van der Waals surface area contributed by atoms with Gasteiger partial charge in [-0.1, -0.05) is 0 Å². The maximum absolute atomic E-state index is 5.86. The summed E-state index contributed by atoms with van der Waals surface area (Å²) in [5.74, 6) is 0. The number of nitrogens with zero attached hydrogens (tertiary/aromatic N) is 3. The Bertz CT molecular complexity index is 586. The van der Waals surface area contributed by atoms with Crippen molar-refractivity contribution in [2.75, 3.05) is 6.61 Å². The zero-order valence-electron chi connectivity index (χ0n) is 11.3. The highest BCUT2D eigenvalue weighted by Crippen LogP contribution is 2.30. The summed E-state index contributed by atoms with van der Waals surface area (Å²) < 4.78 is 8.87. The first kappa shape index (κ1) is 13.7. The van der Waals surface area contributed by atoms with Crippen molar-refractivity contribution in [3.8, 4) is 0 Å². The third-order valence-corrected chi connectivity index (χ3v) is 4.04. The van der Waals surface area contributed by atoms with E-state index in [2.05, 4.69) is 37.3 Å². The van der Waals surface area contributed by atoms with Crippen LogP contribution in [-0.4, -0.2) is 27.2 Å². The van der Waals surface area contributed by atoms with Gasteiger partial charge in [-0.3, -0.25) is 4.98 Å². The molecule has 2 atom stereocenters. The van der Waals surface area contributed by atoms with Crippen molar-refractivity contribution in [3.05, 3.63) is 46.7 Å². The van der Waals surface area contributed by atoms with E-state index >= 15 is 0 Å². The number of hydrogen-bond acceptors (Lipinski definition) is 4. The number of halogens is 1. The number of nitrogens with one attached hydrogen (secondary N) is 1. The fourth-order valence-corrected chi connectivity index (χ4v) is 2.88. The van der Waals surface area contributed by atoms with Crippen LogP contribution >= 0.6 is 15.9 Å². The fourth-order valence-electron chi connectivity index (χ4n) is 2.50. The highest BCUT2D eigenvalue weighted by Gasteiger charge is 2.29. The van der Waals surface area contributed by atoms with E-state index in [1.807, 2.05) is 30.3 Å². The Balaban J connectivity index is 1.68. The second kappa shape index (κ2) is 6.03. The molecule has 106 valence electrons. The van der Waals surface area contributed by atoms with Gasteiger partial charge in [0.1, 0.15) is 0 Å². The molecule has 3 heterocycles. The summed E-state index contributed by atoms with van der Waals surface area (Å²) in [7, 11) is 2.00. The van der Waals surface area contributed by atoms with E-state index in [-0.39, 0.29) is 6.10 Å². The number of aryl methyl sites for hydroxylation is 1. The van der Waals surface area contributed by atoms with Crippen molar-refractivity contribution in [2.24, 2.45) is 7.05 Å². The number of aromatic nitrogens is 3. The molecule has 0 aromatic carbocycles. The average molecular weight is 337 g/mol. The molecule has 0 bridgehead atoms. The van der Waals surface area contributed by atoms with Gasteiger partial charge in [0.25, 0.3) is 0 Å². The van der Waals surface area contributed by atoms with Gasteiger partial charge >= 0.3 is 0 Å². The van der Waals surface area contributed by atoms with E-state index in [1.165, 1.54) is 5.69 Å². The highest BCUT2D eigenvalue weighted by molar-refractivity contribution is 9.10. The van der Waals surface area contributed by atoms with Crippen LogP contribution in [0, 0.1) is 0 Å². The predicted octanol–water partition coefficient (Wildman–Crippen LogP) is 2.20. The fraction of sp³-hybridized carbons (Fsp3) is 0.429. The summed E-state index contributed by atoms with van der Waals surface area (Å²) in [4.78, 5) is 8.35. The van der Waals surface area contributed by atoms with Crippen molar-refractivity contribution in [2.45, 2.75) is 25.1 Å². The molecule has 0 saturated carbocycles. The van der Waals surface area contributed by atoms with Crippen molar-refractivity contribution < 1.29 is 4.74 Å². The Morgan fingerprint density at radius 1 is 1.40 bits per heavy atom. The predicted molar refractivity (Wildman–Crippen MR) is 79.1 cm³/mol. The maximum Gasteiger partial charge on any atom is 0.0993 e. The Kier molecular flexibility index (Phi) is 4.14. The lowest BCUT2D eigenvalue weighted by Crippen LogP contribution is -2.31. The summed E-state index contributed by atoms with van der Waals surface area (Å²) in [6.07, 6.45) is 8.44. The van der Waals surface area contributed by atoms with Gasteiger partial charge in [-0.05, 0) is 28.4 Å². The molecule has 0 unspecified atom stereocenters. The van der Waals surface area contributed by atoms with E-state index in [9.17, 15) is 0 Å². The topological polar surface area (TPSA) is 52.0 Å². The monoisotopic (exact) mass is 336 g/mol. The first-order chi connectivity index (χ1) is 9.74. The number of ether oxygens (including phenoxy) is 1. The van der Waals surface area contributed by atoms with E-state index in [0.717, 1.165) is 29.6 Å². The first-order valence-corrected chi connectivity index (χ1v) is 7.44. The molecular formula is C14H17BrN4O. The molecule has 1 aliphatic rings. The molecule has 0 amide bonds. The largest absolute Gasteiger partial charge is 0.372 e. The highest BCUT2D eigenvalue weighted by atomic mass is 79.9. The Hall–Kier alpha value is -1.24. The zero-order chi connectivity index (χ0) is 13.9. The molecule has 0 spiro atoms. The van der Waals surface area contributed by atoms with Gasteiger partial charge in [0, 0.05) is 54.9 Å². The lowest BCUT2D eigenvalue weighted by molar-refractivity contribution is 0.0980. The maximum atomic E-state index is 5.86. The summed E-state index contributed by atoms with van der Waals surface area (Å²) in [6.45, 7) is 1.57. The van der Waals surface area contributed by atoms with E-state index in [4.69, 9.17) is 4.74 Å².